The fraction of sp³-hybridized carbons (Fsp3) is 0.588. The van der Waals surface area contributed by atoms with Crippen molar-refractivity contribution in [3.63, 3.8) is 0 Å². The molecule has 130 valence electrons. The highest BCUT2D eigenvalue weighted by Gasteiger charge is 2.41. The molecule has 0 aromatic carbocycles. The van der Waals surface area contributed by atoms with Crippen molar-refractivity contribution in [2.24, 2.45) is 0 Å². The van der Waals surface area contributed by atoms with Crippen molar-refractivity contribution in [3.05, 3.63) is 34.9 Å². The average molecular weight is 333 g/mol. The van der Waals surface area contributed by atoms with Gasteiger partial charge in [-0.1, -0.05) is 19.0 Å². The Kier molecular flexibility index (Phi) is 4.71. The highest BCUT2D eigenvalue weighted by molar-refractivity contribution is 5.92. The van der Waals surface area contributed by atoms with Crippen LogP contribution in [0, 0.1) is 6.92 Å². The zero-order chi connectivity index (χ0) is 17.3. The largest absolute Gasteiger partial charge is 0.456 e. The number of amides is 1. The molecule has 0 radical (unpaired) electrons. The summed E-state index contributed by atoms with van der Waals surface area (Å²) in [4.78, 5) is 19.0. The molecular weight excluding hydrogens is 310 g/mol. The number of aromatic nitrogens is 2. The number of nitrogens with zero attached hydrogens (tertiary/aromatic N) is 3. The maximum Gasteiger partial charge on any atom is 0.290 e. The van der Waals surface area contributed by atoms with Crippen molar-refractivity contribution in [3.8, 4) is 0 Å². The molecule has 1 aliphatic heterocycles. The first-order valence-electron chi connectivity index (χ1n) is 8.32. The summed E-state index contributed by atoms with van der Waals surface area (Å²) in [5.74, 6) is 2.07. The van der Waals surface area contributed by atoms with Crippen LogP contribution in [0.5, 0.6) is 0 Å². The molecule has 2 atom stereocenters. The fourth-order valence-electron chi connectivity index (χ4n) is 3.19. The van der Waals surface area contributed by atoms with Crippen LogP contribution >= 0.6 is 0 Å². The second kappa shape index (κ2) is 6.76. The summed E-state index contributed by atoms with van der Waals surface area (Å²) in [6, 6.07) is 1.56. The van der Waals surface area contributed by atoms with Crippen LogP contribution in [-0.2, 0) is 17.6 Å². The smallest absolute Gasteiger partial charge is 0.290 e. The topological polar surface area (TPSA) is 81.6 Å². The lowest BCUT2D eigenvalue weighted by atomic mass is 10.1. The molecule has 1 fully saturated rings. The van der Waals surface area contributed by atoms with Crippen LogP contribution in [0.1, 0.15) is 59.9 Å². The van der Waals surface area contributed by atoms with Crippen LogP contribution < -0.4 is 0 Å². The third-order valence-electron chi connectivity index (χ3n) is 4.49. The standard InChI is InChI=1S/C17H23N3O4/c1-5-11-7-15(23-14(11)6-2)17(21)20-9-12(22-4)8-13(20)16-18-10(3)19-24-16/h7,12-13H,5-6,8-9H2,1-4H3/t12-,13-/m1/s1. The monoisotopic (exact) mass is 333 g/mol. The summed E-state index contributed by atoms with van der Waals surface area (Å²) >= 11 is 0. The number of hydrogen-bond acceptors (Lipinski definition) is 6. The van der Waals surface area contributed by atoms with E-state index in [0.29, 0.717) is 30.4 Å². The molecule has 1 amide bonds. The van der Waals surface area contributed by atoms with Crippen molar-refractivity contribution in [2.45, 2.75) is 52.2 Å². The first-order chi connectivity index (χ1) is 11.6. The van der Waals surface area contributed by atoms with Crippen LogP contribution in [0.15, 0.2) is 15.0 Å². The number of rotatable bonds is 5. The molecule has 7 heteroatoms. The predicted molar refractivity (Wildman–Crippen MR) is 85.7 cm³/mol. The normalized spacial score (nSPS) is 20.8. The lowest BCUT2D eigenvalue weighted by Gasteiger charge is -2.20. The number of hydrogen-bond donors (Lipinski definition) is 0. The summed E-state index contributed by atoms with van der Waals surface area (Å²) < 4.78 is 16.5. The molecule has 0 aliphatic carbocycles. The van der Waals surface area contributed by atoms with Gasteiger partial charge in [-0.25, -0.2) is 0 Å². The van der Waals surface area contributed by atoms with Gasteiger partial charge in [0.15, 0.2) is 11.6 Å². The van der Waals surface area contributed by atoms with E-state index in [0.717, 1.165) is 24.2 Å². The van der Waals surface area contributed by atoms with E-state index in [1.807, 2.05) is 13.0 Å². The molecule has 0 unspecified atom stereocenters. The van der Waals surface area contributed by atoms with E-state index in [9.17, 15) is 4.79 Å². The molecule has 2 aromatic rings. The number of ether oxygens (including phenoxy) is 1. The molecule has 7 nitrogen and oxygen atoms in total. The molecular formula is C17H23N3O4. The van der Waals surface area contributed by atoms with E-state index in [2.05, 4.69) is 17.1 Å². The van der Waals surface area contributed by atoms with E-state index in [-0.39, 0.29) is 18.1 Å². The minimum Gasteiger partial charge on any atom is -0.456 e. The van der Waals surface area contributed by atoms with E-state index in [1.165, 1.54) is 0 Å². The number of carbonyl (C=O) groups is 1. The Labute approximate surface area is 141 Å². The predicted octanol–water partition coefficient (Wildman–Crippen LogP) is 2.70. The van der Waals surface area contributed by atoms with Crippen LogP contribution in [-0.4, -0.2) is 40.7 Å². The maximum absolute atomic E-state index is 13.0. The van der Waals surface area contributed by atoms with E-state index in [1.54, 1.807) is 18.9 Å². The van der Waals surface area contributed by atoms with Gasteiger partial charge in [-0.05, 0) is 25.0 Å². The quantitative estimate of drug-likeness (QED) is 0.837. The molecule has 1 saturated heterocycles. The Bertz CT molecular complexity index is 700. The Hall–Kier alpha value is -2.15. The van der Waals surface area contributed by atoms with E-state index in [4.69, 9.17) is 13.7 Å². The Morgan fingerprint density at radius 1 is 1.42 bits per heavy atom. The number of furan rings is 1. The average Bonchev–Trinajstić information content (AvgIpc) is 3.30. The lowest BCUT2D eigenvalue weighted by molar-refractivity contribution is 0.0638. The summed E-state index contributed by atoms with van der Waals surface area (Å²) in [5.41, 5.74) is 1.08. The van der Waals surface area contributed by atoms with Gasteiger partial charge in [0.25, 0.3) is 5.91 Å². The molecule has 3 rings (SSSR count). The van der Waals surface area contributed by atoms with Crippen molar-refractivity contribution >= 4 is 5.91 Å². The summed E-state index contributed by atoms with van der Waals surface area (Å²) in [7, 11) is 1.64. The molecule has 0 spiro atoms. The summed E-state index contributed by atoms with van der Waals surface area (Å²) in [6.45, 7) is 6.31. The zero-order valence-electron chi connectivity index (χ0n) is 14.5. The van der Waals surface area contributed by atoms with Crippen molar-refractivity contribution in [1.82, 2.24) is 15.0 Å². The lowest BCUT2D eigenvalue weighted by Crippen LogP contribution is -2.32. The second-order valence-corrected chi connectivity index (χ2v) is 6.01. The van der Waals surface area contributed by atoms with Gasteiger partial charge in [-0.3, -0.25) is 4.79 Å². The van der Waals surface area contributed by atoms with Gasteiger partial charge in [0.1, 0.15) is 11.8 Å². The van der Waals surface area contributed by atoms with Crippen LogP contribution in [0.4, 0.5) is 0 Å². The third-order valence-corrected chi connectivity index (χ3v) is 4.49. The van der Waals surface area contributed by atoms with Gasteiger partial charge in [-0.15, -0.1) is 0 Å². The van der Waals surface area contributed by atoms with Gasteiger partial charge in [-0.2, -0.15) is 4.98 Å². The third kappa shape index (κ3) is 2.96. The Balaban J connectivity index is 1.89. The van der Waals surface area contributed by atoms with Gasteiger partial charge in [0, 0.05) is 26.5 Å². The van der Waals surface area contributed by atoms with Crippen molar-refractivity contribution < 1.29 is 18.5 Å². The van der Waals surface area contributed by atoms with E-state index >= 15 is 0 Å². The highest BCUT2D eigenvalue weighted by atomic mass is 16.5. The maximum atomic E-state index is 13.0. The molecule has 0 bridgehead atoms. The first kappa shape index (κ1) is 16.7. The van der Waals surface area contributed by atoms with Crippen molar-refractivity contribution in [2.75, 3.05) is 13.7 Å². The number of aryl methyl sites for hydroxylation is 3. The van der Waals surface area contributed by atoms with Gasteiger partial charge < -0.3 is 18.6 Å². The molecule has 0 saturated carbocycles. The summed E-state index contributed by atoms with van der Waals surface area (Å²) in [6.07, 6.45) is 2.18. The van der Waals surface area contributed by atoms with Gasteiger partial charge >= 0.3 is 0 Å². The van der Waals surface area contributed by atoms with E-state index < -0.39 is 0 Å². The van der Waals surface area contributed by atoms with Crippen LogP contribution in [0.3, 0.4) is 0 Å². The molecule has 3 heterocycles. The minimum atomic E-state index is -0.288. The number of carbonyl (C=O) groups excluding carboxylic acids is 1. The SMILES string of the molecule is CCc1cc(C(=O)N2C[C@H](OC)C[C@@H]2c2nc(C)no2)oc1CC. The molecule has 0 N–H and O–H groups in total. The Morgan fingerprint density at radius 2 is 2.21 bits per heavy atom. The second-order valence-electron chi connectivity index (χ2n) is 6.01. The van der Waals surface area contributed by atoms with Gasteiger partial charge in [0.2, 0.25) is 5.89 Å². The fourth-order valence-corrected chi connectivity index (χ4v) is 3.19. The first-order valence-corrected chi connectivity index (χ1v) is 8.32. The highest BCUT2D eigenvalue weighted by Crippen LogP contribution is 2.34. The molecule has 1 aliphatic rings. The molecule has 2 aromatic heterocycles. The number of methoxy groups -OCH3 is 1. The number of likely N-dealkylation sites (tertiary alicyclic amines) is 1. The zero-order valence-corrected chi connectivity index (χ0v) is 14.5. The molecule has 24 heavy (non-hydrogen) atoms. The Morgan fingerprint density at radius 3 is 2.75 bits per heavy atom. The van der Waals surface area contributed by atoms with Crippen LogP contribution in [0.2, 0.25) is 0 Å². The van der Waals surface area contributed by atoms with Crippen LogP contribution in [0.25, 0.3) is 0 Å². The van der Waals surface area contributed by atoms with Crippen molar-refractivity contribution in [1.29, 1.82) is 0 Å². The van der Waals surface area contributed by atoms with Gasteiger partial charge in [0.05, 0.1) is 6.10 Å². The summed E-state index contributed by atoms with van der Waals surface area (Å²) in [5, 5.41) is 3.84. The minimum absolute atomic E-state index is 0.0580.